The molecule has 0 aliphatic rings. The largest absolute Gasteiger partial charge is 0.453 e. The summed E-state index contributed by atoms with van der Waals surface area (Å²) in [6.07, 6.45) is 0. The Balaban J connectivity index is 1.98. The number of aromatic nitrogens is 3. The molecule has 0 aliphatic heterocycles. The first-order valence-corrected chi connectivity index (χ1v) is 9.67. The van der Waals surface area contributed by atoms with Crippen LogP contribution in [-0.4, -0.2) is 64.1 Å². The topological polar surface area (TPSA) is 130 Å². The molecule has 0 fully saturated rings. The number of benzene rings is 1. The maximum Gasteiger partial charge on any atom is 0.323 e. The zero-order valence-electron chi connectivity index (χ0n) is 16.3. The quantitative estimate of drug-likeness (QED) is 0.564. The van der Waals surface area contributed by atoms with E-state index >= 15 is 0 Å². The summed E-state index contributed by atoms with van der Waals surface area (Å²) in [5.41, 5.74) is 3.01. The number of rotatable bonds is 8. The van der Waals surface area contributed by atoms with Gasteiger partial charge in [-0.05, 0) is 19.1 Å². The van der Waals surface area contributed by atoms with Gasteiger partial charge < -0.3 is 14.5 Å². The van der Waals surface area contributed by atoms with Crippen molar-refractivity contribution < 1.29 is 17.9 Å². The molecule has 0 radical (unpaired) electrons. The Morgan fingerprint density at radius 2 is 1.54 bits per heavy atom. The molecule has 0 aliphatic carbocycles. The van der Waals surface area contributed by atoms with Gasteiger partial charge in [-0.15, -0.1) is 4.83 Å². The van der Waals surface area contributed by atoms with E-state index in [4.69, 9.17) is 4.74 Å². The van der Waals surface area contributed by atoms with Gasteiger partial charge in [0.2, 0.25) is 11.9 Å². The summed E-state index contributed by atoms with van der Waals surface area (Å²) in [4.78, 5) is 29.7. The van der Waals surface area contributed by atoms with E-state index in [1.54, 1.807) is 50.1 Å². The van der Waals surface area contributed by atoms with Gasteiger partial charge in [-0.2, -0.15) is 15.0 Å². The number of aryl methyl sites for hydroxylation is 1. The zero-order chi connectivity index (χ0) is 20.9. The second-order valence-corrected chi connectivity index (χ2v) is 7.94. The van der Waals surface area contributed by atoms with Crippen molar-refractivity contribution in [1.82, 2.24) is 25.2 Å². The van der Waals surface area contributed by atoms with E-state index in [2.05, 4.69) is 20.4 Å². The first-order chi connectivity index (χ1) is 13.1. The van der Waals surface area contributed by atoms with Crippen LogP contribution in [0.1, 0.15) is 5.56 Å². The molecular formula is C16H23N7O4S. The van der Waals surface area contributed by atoms with Gasteiger partial charge in [-0.1, -0.05) is 17.7 Å². The third-order valence-corrected chi connectivity index (χ3v) is 4.64. The second-order valence-electron chi connectivity index (χ2n) is 6.26. The van der Waals surface area contributed by atoms with Crippen LogP contribution in [0, 0.1) is 6.92 Å². The normalized spacial score (nSPS) is 11.0. The number of sulfonamides is 1. The highest BCUT2D eigenvalue weighted by Gasteiger charge is 2.16. The fourth-order valence-corrected chi connectivity index (χ4v) is 2.73. The minimum Gasteiger partial charge on any atom is -0.453 e. The van der Waals surface area contributed by atoms with Gasteiger partial charge in [0.15, 0.2) is 6.61 Å². The van der Waals surface area contributed by atoms with Crippen LogP contribution in [0.5, 0.6) is 6.01 Å². The first kappa shape index (κ1) is 21.3. The van der Waals surface area contributed by atoms with E-state index in [1.807, 2.05) is 11.8 Å². The van der Waals surface area contributed by atoms with Crippen molar-refractivity contribution in [3.63, 3.8) is 0 Å². The van der Waals surface area contributed by atoms with Crippen LogP contribution >= 0.6 is 0 Å². The van der Waals surface area contributed by atoms with Gasteiger partial charge in [0.05, 0.1) is 4.90 Å². The Morgan fingerprint density at radius 1 is 1.00 bits per heavy atom. The van der Waals surface area contributed by atoms with Crippen LogP contribution in [0.2, 0.25) is 0 Å². The van der Waals surface area contributed by atoms with E-state index in [9.17, 15) is 13.2 Å². The molecule has 28 heavy (non-hydrogen) atoms. The third kappa shape index (κ3) is 5.76. The standard InChI is InChI=1S/C16H23N7O4S/c1-11-6-8-12(9-7-11)28(25,26)21-20-13(24)10-27-16-18-14(22(2)3)17-15(19-16)23(4)5/h6-9,21H,10H2,1-5H3,(H,20,24). The molecule has 0 unspecified atom stereocenters. The Kier molecular flexibility index (Phi) is 6.70. The molecule has 0 atom stereocenters. The van der Waals surface area contributed by atoms with Gasteiger partial charge in [-0.25, -0.2) is 8.42 Å². The molecule has 1 heterocycles. The number of ether oxygens (including phenoxy) is 1. The number of nitrogens with zero attached hydrogens (tertiary/aromatic N) is 5. The van der Waals surface area contributed by atoms with Crippen LogP contribution in [0.25, 0.3) is 0 Å². The van der Waals surface area contributed by atoms with Crippen molar-refractivity contribution in [2.24, 2.45) is 0 Å². The number of carbonyl (C=O) groups is 1. The first-order valence-electron chi connectivity index (χ1n) is 8.19. The monoisotopic (exact) mass is 409 g/mol. The van der Waals surface area contributed by atoms with Crippen molar-refractivity contribution >= 4 is 27.8 Å². The lowest BCUT2D eigenvalue weighted by Crippen LogP contribution is -2.43. The predicted octanol–water partition coefficient (Wildman–Crippen LogP) is -0.299. The molecule has 1 amide bonds. The summed E-state index contributed by atoms with van der Waals surface area (Å²) in [6, 6.07) is 6.14. The van der Waals surface area contributed by atoms with Crippen LogP contribution in [0.4, 0.5) is 11.9 Å². The van der Waals surface area contributed by atoms with E-state index in [1.165, 1.54) is 12.1 Å². The average molecular weight is 409 g/mol. The summed E-state index contributed by atoms with van der Waals surface area (Å²) in [6.45, 7) is 1.35. The Hall–Kier alpha value is -2.99. The molecule has 2 rings (SSSR count). The fourth-order valence-electron chi connectivity index (χ4n) is 1.87. The summed E-state index contributed by atoms with van der Waals surface area (Å²) < 4.78 is 29.6. The van der Waals surface area contributed by atoms with Crippen molar-refractivity contribution in [2.75, 3.05) is 44.6 Å². The molecule has 152 valence electrons. The Bertz CT molecular complexity index is 904. The summed E-state index contributed by atoms with van der Waals surface area (Å²) in [7, 11) is 3.14. The maximum absolute atomic E-state index is 12.2. The molecular weight excluding hydrogens is 386 g/mol. The van der Waals surface area contributed by atoms with Gasteiger partial charge >= 0.3 is 6.01 Å². The van der Waals surface area contributed by atoms with Crippen LogP contribution in [-0.2, 0) is 14.8 Å². The minimum atomic E-state index is -3.88. The average Bonchev–Trinajstić information content (AvgIpc) is 2.64. The lowest BCUT2D eigenvalue weighted by molar-refractivity contribution is -0.123. The van der Waals surface area contributed by atoms with E-state index in [0.29, 0.717) is 11.9 Å². The summed E-state index contributed by atoms with van der Waals surface area (Å²) in [5, 5.41) is 0. The van der Waals surface area contributed by atoms with Crippen molar-refractivity contribution in [3.05, 3.63) is 29.8 Å². The molecule has 11 nitrogen and oxygen atoms in total. The zero-order valence-corrected chi connectivity index (χ0v) is 17.1. The Morgan fingerprint density at radius 3 is 2.04 bits per heavy atom. The molecule has 1 aromatic heterocycles. The number of nitrogens with one attached hydrogen (secondary N) is 2. The molecule has 0 spiro atoms. The molecule has 0 saturated carbocycles. The van der Waals surface area contributed by atoms with Crippen molar-refractivity contribution in [2.45, 2.75) is 11.8 Å². The van der Waals surface area contributed by atoms with Gasteiger partial charge in [0.25, 0.3) is 15.9 Å². The smallest absolute Gasteiger partial charge is 0.323 e. The van der Waals surface area contributed by atoms with Crippen molar-refractivity contribution in [1.29, 1.82) is 0 Å². The number of hydrogen-bond donors (Lipinski definition) is 2. The maximum atomic E-state index is 12.2. The summed E-state index contributed by atoms with van der Waals surface area (Å²) >= 11 is 0. The molecule has 0 bridgehead atoms. The lowest BCUT2D eigenvalue weighted by atomic mass is 10.2. The van der Waals surface area contributed by atoms with Crippen LogP contribution < -0.4 is 24.8 Å². The summed E-state index contributed by atoms with van der Waals surface area (Å²) in [5.74, 6) is -0.00253. The van der Waals surface area contributed by atoms with Crippen LogP contribution in [0.15, 0.2) is 29.2 Å². The minimum absolute atomic E-state index is 0.0306. The molecule has 12 heteroatoms. The molecule has 2 N–H and O–H groups in total. The number of anilines is 2. The number of hydrogen-bond acceptors (Lipinski definition) is 9. The van der Waals surface area contributed by atoms with Crippen molar-refractivity contribution in [3.8, 4) is 6.01 Å². The third-order valence-electron chi connectivity index (χ3n) is 3.38. The lowest BCUT2D eigenvalue weighted by Gasteiger charge is -2.16. The second kappa shape index (κ2) is 8.80. The van der Waals surface area contributed by atoms with Gasteiger partial charge in [0.1, 0.15) is 0 Å². The highest BCUT2D eigenvalue weighted by Crippen LogP contribution is 2.14. The molecule has 1 aromatic carbocycles. The Labute approximate surface area is 163 Å². The number of amides is 1. The fraction of sp³-hybridized carbons (Fsp3) is 0.375. The predicted molar refractivity (Wildman–Crippen MR) is 104 cm³/mol. The van der Waals surface area contributed by atoms with E-state index in [0.717, 1.165) is 5.56 Å². The van der Waals surface area contributed by atoms with E-state index in [-0.39, 0.29) is 10.9 Å². The molecule has 0 saturated heterocycles. The number of hydrazine groups is 1. The molecule has 2 aromatic rings. The number of carbonyl (C=O) groups excluding carboxylic acids is 1. The van der Waals surface area contributed by atoms with Crippen LogP contribution in [0.3, 0.4) is 0 Å². The highest BCUT2D eigenvalue weighted by molar-refractivity contribution is 7.89. The van der Waals surface area contributed by atoms with Gasteiger partial charge in [0, 0.05) is 28.2 Å². The van der Waals surface area contributed by atoms with Gasteiger partial charge in [-0.3, -0.25) is 10.2 Å². The SMILES string of the molecule is Cc1ccc(S(=O)(=O)NNC(=O)COc2nc(N(C)C)nc(N(C)C)n2)cc1. The highest BCUT2D eigenvalue weighted by atomic mass is 32.2. The van der Waals surface area contributed by atoms with E-state index < -0.39 is 22.5 Å².